The molecule has 1 amide bonds. The molecule has 10 nitrogen and oxygen atoms in total. The summed E-state index contributed by atoms with van der Waals surface area (Å²) < 4.78 is 0. The molecule has 6 rings (SSSR count). The number of amides is 1. The Hall–Kier alpha value is -3.27. The van der Waals surface area contributed by atoms with Crippen molar-refractivity contribution in [2.45, 2.75) is 24.9 Å². The van der Waals surface area contributed by atoms with Crippen LogP contribution in [0.3, 0.4) is 0 Å². The maximum Gasteiger partial charge on any atom is 0.245 e. The zero-order valence-corrected chi connectivity index (χ0v) is 18.4. The second kappa shape index (κ2) is 7.40. The van der Waals surface area contributed by atoms with E-state index in [1.165, 1.54) is 0 Å². The summed E-state index contributed by atoms with van der Waals surface area (Å²) >= 11 is 0. The number of piperazine rings is 2. The van der Waals surface area contributed by atoms with Gasteiger partial charge in [-0.25, -0.2) is 15.0 Å². The van der Waals surface area contributed by atoms with Crippen LogP contribution in [-0.2, 0) is 4.79 Å². The maximum absolute atomic E-state index is 12.6. The molecule has 3 aliphatic rings. The summed E-state index contributed by atoms with van der Waals surface area (Å²) in [6, 6.07) is 4.21. The number of likely N-dealkylation sites (N-methyl/N-ethyl adjacent to an activating group) is 2. The van der Waals surface area contributed by atoms with Crippen LogP contribution in [0.25, 0.3) is 22.3 Å². The average Bonchev–Trinajstić information content (AvgIpc) is 3.39. The van der Waals surface area contributed by atoms with E-state index in [0.29, 0.717) is 12.5 Å². The Morgan fingerprint density at radius 2 is 1.88 bits per heavy atom. The fraction of sp³-hybridized carbons (Fsp3) is 0.500. The lowest BCUT2D eigenvalue weighted by Crippen LogP contribution is -2.56. The summed E-state index contributed by atoms with van der Waals surface area (Å²) in [5.41, 5.74) is 3.21. The number of nitrogens with one attached hydrogen (secondary N) is 1. The van der Waals surface area contributed by atoms with Gasteiger partial charge in [-0.05, 0) is 32.0 Å². The first-order valence-corrected chi connectivity index (χ1v) is 11.2. The lowest BCUT2D eigenvalue weighted by molar-refractivity contribution is -0.132. The van der Waals surface area contributed by atoms with Crippen LogP contribution in [0, 0.1) is 0 Å². The number of aromatic amines is 1. The Bertz CT molecular complexity index is 1150. The van der Waals surface area contributed by atoms with E-state index in [0.717, 1.165) is 67.1 Å². The molecular formula is C22H27N9O. The molecule has 0 aliphatic carbocycles. The molecule has 0 spiro atoms. The quantitative estimate of drug-likeness (QED) is 0.653. The number of H-pyrrole nitrogens is 1. The summed E-state index contributed by atoms with van der Waals surface area (Å²) in [5.74, 6) is 1.75. The molecule has 2 unspecified atom stereocenters. The number of likely N-dealkylation sites (tertiary alicyclic amines) is 1. The number of carbonyl (C=O) groups is 1. The van der Waals surface area contributed by atoms with Crippen molar-refractivity contribution in [3.05, 3.63) is 24.5 Å². The molecule has 1 N–H and O–H groups in total. The van der Waals surface area contributed by atoms with Gasteiger partial charge in [0.15, 0.2) is 0 Å². The van der Waals surface area contributed by atoms with Crippen LogP contribution in [-0.4, -0.2) is 99.8 Å². The van der Waals surface area contributed by atoms with Crippen molar-refractivity contribution >= 4 is 28.7 Å². The third kappa shape index (κ3) is 3.09. The van der Waals surface area contributed by atoms with Crippen LogP contribution in [0.4, 0.5) is 11.8 Å². The molecule has 3 aromatic heterocycles. The molecule has 166 valence electrons. The number of anilines is 2. The molecule has 2 atom stereocenters. The summed E-state index contributed by atoms with van der Waals surface area (Å²) in [4.78, 5) is 35.4. The standard InChI is InChI=1S/C22H27N9O/c1-28-7-9-30(10-8-28)18-6-3-14(11-23-18)19-20-16(26-27-19)12-24-22(25-20)31-15-4-5-17(31)21(32)29(2)13-15/h3,6,11-12,15,17H,4-5,7-10,13H2,1-2H3,(H,26,27). The molecule has 0 aromatic carbocycles. The molecular weight excluding hydrogens is 406 g/mol. The zero-order valence-electron chi connectivity index (χ0n) is 18.4. The SMILES string of the molecule is CN1CCN(c2ccc(-c3n[nH]c4cnc(N5C6CCC5C(=O)N(C)C6)nc34)cn2)CC1. The predicted octanol–water partition coefficient (Wildman–Crippen LogP) is 0.976. The summed E-state index contributed by atoms with van der Waals surface area (Å²) in [6.45, 7) is 4.77. The van der Waals surface area contributed by atoms with Gasteiger partial charge in [0.25, 0.3) is 0 Å². The van der Waals surface area contributed by atoms with Crippen LogP contribution in [0.15, 0.2) is 24.5 Å². The Morgan fingerprint density at radius 3 is 2.66 bits per heavy atom. The van der Waals surface area contributed by atoms with Crippen molar-refractivity contribution in [2.24, 2.45) is 0 Å². The van der Waals surface area contributed by atoms with Crippen LogP contribution < -0.4 is 9.80 Å². The van der Waals surface area contributed by atoms with Crippen molar-refractivity contribution in [1.82, 2.24) is 34.9 Å². The highest BCUT2D eigenvalue weighted by atomic mass is 16.2. The van der Waals surface area contributed by atoms with E-state index < -0.39 is 0 Å². The van der Waals surface area contributed by atoms with E-state index >= 15 is 0 Å². The molecule has 10 heteroatoms. The second-order valence-corrected chi connectivity index (χ2v) is 9.07. The van der Waals surface area contributed by atoms with Gasteiger partial charge < -0.3 is 19.6 Å². The van der Waals surface area contributed by atoms with Crippen molar-refractivity contribution in [3.8, 4) is 11.3 Å². The summed E-state index contributed by atoms with van der Waals surface area (Å²) in [6.07, 6.45) is 5.47. The third-order valence-electron chi connectivity index (χ3n) is 7.02. The van der Waals surface area contributed by atoms with Crippen LogP contribution >= 0.6 is 0 Å². The maximum atomic E-state index is 12.6. The Morgan fingerprint density at radius 1 is 1.03 bits per heavy atom. The van der Waals surface area contributed by atoms with Gasteiger partial charge in [-0.1, -0.05) is 0 Å². The molecule has 3 saturated heterocycles. The topological polar surface area (TPSA) is 97.4 Å². The Labute approximate surface area is 186 Å². The van der Waals surface area contributed by atoms with Gasteiger partial charge >= 0.3 is 0 Å². The van der Waals surface area contributed by atoms with E-state index in [4.69, 9.17) is 9.97 Å². The monoisotopic (exact) mass is 433 g/mol. The van der Waals surface area contributed by atoms with Gasteiger partial charge in [-0.2, -0.15) is 5.10 Å². The van der Waals surface area contributed by atoms with E-state index in [9.17, 15) is 4.79 Å². The van der Waals surface area contributed by atoms with E-state index in [2.05, 4.69) is 49.1 Å². The normalized spacial score (nSPS) is 24.1. The minimum Gasteiger partial charge on any atom is -0.354 e. The molecule has 2 bridgehead atoms. The number of nitrogens with zero attached hydrogens (tertiary/aromatic N) is 8. The van der Waals surface area contributed by atoms with E-state index in [1.807, 2.05) is 18.1 Å². The van der Waals surface area contributed by atoms with Crippen LogP contribution in [0.5, 0.6) is 0 Å². The Kier molecular flexibility index (Phi) is 4.49. The van der Waals surface area contributed by atoms with Gasteiger partial charge in [-0.15, -0.1) is 0 Å². The van der Waals surface area contributed by atoms with Gasteiger partial charge in [-0.3, -0.25) is 9.89 Å². The number of hydrogen-bond donors (Lipinski definition) is 1. The number of fused-ring (bicyclic) bond motifs is 3. The van der Waals surface area contributed by atoms with Crippen molar-refractivity contribution in [1.29, 1.82) is 0 Å². The highest BCUT2D eigenvalue weighted by molar-refractivity contribution is 5.91. The predicted molar refractivity (Wildman–Crippen MR) is 122 cm³/mol. The molecule has 3 aromatic rings. The smallest absolute Gasteiger partial charge is 0.245 e. The first-order chi connectivity index (χ1) is 15.6. The summed E-state index contributed by atoms with van der Waals surface area (Å²) in [5, 5.41) is 7.54. The molecule has 32 heavy (non-hydrogen) atoms. The molecule has 3 aliphatic heterocycles. The first-order valence-electron chi connectivity index (χ1n) is 11.2. The van der Waals surface area contributed by atoms with Crippen LogP contribution in [0.1, 0.15) is 12.8 Å². The number of rotatable bonds is 3. The van der Waals surface area contributed by atoms with Crippen molar-refractivity contribution in [3.63, 3.8) is 0 Å². The average molecular weight is 434 g/mol. The highest BCUT2D eigenvalue weighted by Gasteiger charge is 2.45. The lowest BCUT2D eigenvalue weighted by Gasteiger charge is -2.38. The lowest BCUT2D eigenvalue weighted by atomic mass is 10.1. The van der Waals surface area contributed by atoms with Gasteiger partial charge in [0.05, 0.1) is 12.2 Å². The number of hydrogen-bond acceptors (Lipinski definition) is 8. The fourth-order valence-electron chi connectivity index (χ4n) is 5.15. The number of aromatic nitrogens is 5. The largest absolute Gasteiger partial charge is 0.354 e. The zero-order chi connectivity index (χ0) is 21.8. The fourth-order valence-corrected chi connectivity index (χ4v) is 5.15. The van der Waals surface area contributed by atoms with E-state index in [1.54, 1.807) is 6.20 Å². The minimum atomic E-state index is -0.170. The van der Waals surface area contributed by atoms with Crippen LogP contribution in [0.2, 0.25) is 0 Å². The van der Waals surface area contributed by atoms with Gasteiger partial charge in [0.2, 0.25) is 11.9 Å². The highest BCUT2D eigenvalue weighted by Crippen LogP contribution is 2.34. The Balaban J connectivity index is 1.31. The van der Waals surface area contributed by atoms with Gasteiger partial charge in [0.1, 0.15) is 28.6 Å². The second-order valence-electron chi connectivity index (χ2n) is 9.07. The molecule has 0 saturated carbocycles. The minimum absolute atomic E-state index is 0.151. The van der Waals surface area contributed by atoms with Crippen molar-refractivity contribution < 1.29 is 4.79 Å². The summed E-state index contributed by atoms with van der Waals surface area (Å²) in [7, 11) is 4.03. The molecule has 6 heterocycles. The first kappa shape index (κ1) is 19.4. The van der Waals surface area contributed by atoms with Gasteiger partial charge in [0, 0.05) is 51.5 Å². The number of carbonyl (C=O) groups excluding carboxylic acids is 1. The van der Waals surface area contributed by atoms with Crippen molar-refractivity contribution in [2.75, 3.05) is 56.6 Å². The third-order valence-corrected chi connectivity index (χ3v) is 7.02. The van der Waals surface area contributed by atoms with E-state index in [-0.39, 0.29) is 18.0 Å². The number of pyridine rings is 1. The molecule has 0 radical (unpaired) electrons. The molecule has 3 fully saturated rings.